The smallest absolute Gasteiger partial charge is 0.133 e. The van der Waals surface area contributed by atoms with Gasteiger partial charge in [0.1, 0.15) is 5.56 Å². The van der Waals surface area contributed by atoms with E-state index in [4.69, 9.17) is 16.3 Å². The topological polar surface area (TPSA) is 9.23 Å². The number of hydrogen-bond acceptors (Lipinski definition) is 1. The van der Waals surface area contributed by atoms with Crippen LogP contribution in [0.25, 0.3) is 0 Å². The van der Waals surface area contributed by atoms with Gasteiger partial charge in [0, 0.05) is 0 Å². The average molecular weight is 179 g/mol. The van der Waals surface area contributed by atoms with E-state index in [2.05, 4.69) is 34.6 Å². The summed E-state index contributed by atoms with van der Waals surface area (Å²) in [5.41, 5.74) is 0.0661. The molecule has 0 aromatic heterocycles. The maximum atomic E-state index is 5.90. The fraction of sp³-hybridized carbons (Fsp3) is 1.00. The lowest BCUT2D eigenvalue weighted by Crippen LogP contribution is -2.21. The standard InChI is InChI=1S/C9H19ClO/c1-7(2)8(10)11-6-9(3,4)5/h7-8H,6H2,1-5H3. The minimum absolute atomic E-state index is 0.144. The van der Waals surface area contributed by atoms with Gasteiger partial charge in [0.05, 0.1) is 6.61 Å². The SMILES string of the molecule is CC(C)C(Cl)OCC(C)(C)C. The predicted molar refractivity (Wildman–Crippen MR) is 49.9 cm³/mol. The van der Waals surface area contributed by atoms with Gasteiger partial charge in [-0.2, -0.15) is 0 Å². The van der Waals surface area contributed by atoms with E-state index in [9.17, 15) is 0 Å². The monoisotopic (exact) mass is 178 g/mol. The number of hydrogen-bond donors (Lipinski definition) is 0. The van der Waals surface area contributed by atoms with Crippen LogP contribution in [0.3, 0.4) is 0 Å². The van der Waals surface area contributed by atoms with Gasteiger partial charge in [0.15, 0.2) is 0 Å². The molecule has 0 aliphatic carbocycles. The van der Waals surface area contributed by atoms with Crippen molar-refractivity contribution in [2.24, 2.45) is 11.3 Å². The Morgan fingerprint density at radius 3 is 2.00 bits per heavy atom. The first-order chi connectivity index (χ1) is 4.83. The van der Waals surface area contributed by atoms with Gasteiger partial charge < -0.3 is 4.74 Å². The average Bonchev–Trinajstić information content (AvgIpc) is 1.80. The van der Waals surface area contributed by atoms with Crippen LogP contribution in [0.2, 0.25) is 0 Å². The molecule has 0 aromatic rings. The van der Waals surface area contributed by atoms with Crippen LogP contribution in [-0.4, -0.2) is 12.2 Å². The quantitative estimate of drug-likeness (QED) is 0.603. The van der Waals surface area contributed by atoms with Crippen LogP contribution in [0, 0.1) is 11.3 Å². The fourth-order valence-electron chi connectivity index (χ4n) is 0.522. The van der Waals surface area contributed by atoms with E-state index in [-0.39, 0.29) is 11.0 Å². The third-order valence-corrected chi connectivity index (χ3v) is 1.83. The Hall–Kier alpha value is 0.250. The van der Waals surface area contributed by atoms with Gasteiger partial charge in [-0.05, 0) is 11.3 Å². The second kappa shape index (κ2) is 4.32. The maximum Gasteiger partial charge on any atom is 0.133 e. The summed E-state index contributed by atoms with van der Waals surface area (Å²) in [7, 11) is 0. The Labute approximate surface area is 75.1 Å². The highest BCUT2D eigenvalue weighted by atomic mass is 35.5. The number of ether oxygens (including phenoxy) is 1. The van der Waals surface area contributed by atoms with Crippen molar-refractivity contribution in [1.82, 2.24) is 0 Å². The Morgan fingerprint density at radius 1 is 1.27 bits per heavy atom. The minimum atomic E-state index is -0.144. The highest BCUT2D eigenvalue weighted by molar-refractivity contribution is 6.19. The van der Waals surface area contributed by atoms with Gasteiger partial charge in [-0.1, -0.05) is 46.2 Å². The lowest BCUT2D eigenvalue weighted by atomic mass is 9.99. The molecule has 68 valence electrons. The zero-order chi connectivity index (χ0) is 9.07. The lowest BCUT2D eigenvalue weighted by Gasteiger charge is -2.22. The van der Waals surface area contributed by atoms with E-state index in [1.54, 1.807) is 0 Å². The highest BCUT2D eigenvalue weighted by Crippen LogP contribution is 2.18. The molecular formula is C9H19ClO. The summed E-state index contributed by atoms with van der Waals surface area (Å²) in [6.45, 7) is 11.2. The molecule has 0 bridgehead atoms. The summed E-state index contributed by atoms with van der Waals surface area (Å²) < 4.78 is 5.43. The molecule has 0 spiro atoms. The summed E-state index contributed by atoms with van der Waals surface area (Å²) in [5.74, 6) is 0.388. The van der Waals surface area contributed by atoms with Crippen LogP contribution in [-0.2, 0) is 4.74 Å². The van der Waals surface area contributed by atoms with Gasteiger partial charge in [0.25, 0.3) is 0 Å². The van der Waals surface area contributed by atoms with Crippen LogP contribution in [0.1, 0.15) is 34.6 Å². The zero-order valence-corrected chi connectivity index (χ0v) is 8.90. The first-order valence-electron chi connectivity index (χ1n) is 4.08. The fourth-order valence-corrected chi connectivity index (χ4v) is 0.585. The molecule has 0 aromatic carbocycles. The van der Waals surface area contributed by atoms with Crippen LogP contribution >= 0.6 is 11.6 Å². The normalized spacial score (nSPS) is 15.5. The Kier molecular flexibility index (Phi) is 4.42. The molecule has 11 heavy (non-hydrogen) atoms. The maximum absolute atomic E-state index is 5.90. The van der Waals surface area contributed by atoms with Crippen molar-refractivity contribution in [2.75, 3.05) is 6.61 Å². The molecule has 0 N–H and O–H groups in total. The van der Waals surface area contributed by atoms with Crippen molar-refractivity contribution in [3.8, 4) is 0 Å². The summed E-state index contributed by atoms with van der Waals surface area (Å²) in [6, 6.07) is 0. The second-order valence-electron chi connectivity index (χ2n) is 4.47. The molecular weight excluding hydrogens is 160 g/mol. The molecule has 0 aliphatic rings. The summed E-state index contributed by atoms with van der Waals surface area (Å²) in [4.78, 5) is 0. The van der Waals surface area contributed by atoms with Gasteiger partial charge in [-0.25, -0.2) is 0 Å². The van der Waals surface area contributed by atoms with E-state index < -0.39 is 0 Å². The molecule has 0 heterocycles. The summed E-state index contributed by atoms with van der Waals surface area (Å²) >= 11 is 5.90. The molecule has 1 atom stereocenters. The van der Waals surface area contributed by atoms with Gasteiger partial charge in [0.2, 0.25) is 0 Å². The van der Waals surface area contributed by atoms with E-state index in [0.717, 1.165) is 6.61 Å². The van der Waals surface area contributed by atoms with Crippen LogP contribution in [0.5, 0.6) is 0 Å². The molecule has 0 saturated heterocycles. The van der Waals surface area contributed by atoms with E-state index in [1.165, 1.54) is 0 Å². The van der Waals surface area contributed by atoms with Crippen molar-refractivity contribution < 1.29 is 4.74 Å². The lowest BCUT2D eigenvalue weighted by molar-refractivity contribution is 0.0299. The Morgan fingerprint density at radius 2 is 1.73 bits per heavy atom. The van der Waals surface area contributed by atoms with Crippen LogP contribution < -0.4 is 0 Å². The third-order valence-electron chi connectivity index (χ3n) is 1.20. The van der Waals surface area contributed by atoms with Crippen molar-refractivity contribution in [3.63, 3.8) is 0 Å². The van der Waals surface area contributed by atoms with Crippen molar-refractivity contribution in [1.29, 1.82) is 0 Å². The zero-order valence-electron chi connectivity index (χ0n) is 8.15. The molecule has 0 saturated carbocycles. The minimum Gasteiger partial charge on any atom is -0.362 e. The first-order valence-corrected chi connectivity index (χ1v) is 4.52. The van der Waals surface area contributed by atoms with Gasteiger partial charge in [-0.3, -0.25) is 0 Å². The molecule has 0 radical (unpaired) electrons. The Bertz CT molecular complexity index is 105. The highest BCUT2D eigenvalue weighted by Gasteiger charge is 2.15. The number of halogens is 1. The largest absolute Gasteiger partial charge is 0.362 e. The van der Waals surface area contributed by atoms with E-state index in [0.29, 0.717) is 5.92 Å². The predicted octanol–water partition coefficient (Wildman–Crippen LogP) is 3.27. The number of alkyl halides is 1. The molecule has 0 amide bonds. The molecule has 0 aliphatic heterocycles. The summed E-state index contributed by atoms with van der Waals surface area (Å²) in [6.07, 6.45) is 0. The van der Waals surface area contributed by atoms with Gasteiger partial charge >= 0.3 is 0 Å². The van der Waals surface area contributed by atoms with Gasteiger partial charge in [-0.15, -0.1) is 0 Å². The molecule has 1 nitrogen and oxygen atoms in total. The summed E-state index contributed by atoms with van der Waals surface area (Å²) in [5, 5.41) is 0. The molecule has 0 rings (SSSR count). The first kappa shape index (κ1) is 11.2. The van der Waals surface area contributed by atoms with E-state index in [1.807, 2.05) is 0 Å². The molecule has 2 heteroatoms. The molecule has 0 fully saturated rings. The molecule has 1 unspecified atom stereocenters. The van der Waals surface area contributed by atoms with Crippen molar-refractivity contribution >= 4 is 11.6 Å². The third kappa shape index (κ3) is 6.64. The van der Waals surface area contributed by atoms with Crippen molar-refractivity contribution in [3.05, 3.63) is 0 Å². The Balaban J connectivity index is 3.54. The van der Waals surface area contributed by atoms with Crippen LogP contribution in [0.4, 0.5) is 0 Å². The number of rotatable bonds is 3. The van der Waals surface area contributed by atoms with Crippen molar-refractivity contribution in [2.45, 2.75) is 40.2 Å². The van der Waals surface area contributed by atoms with Crippen LogP contribution in [0.15, 0.2) is 0 Å². The second-order valence-corrected chi connectivity index (χ2v) is 4.90. The van der Waals surface area contributed by atoms with E-state index >= 15 is 0 Å².